The van der Waals surface area contributed by atoms with Crippen molar-refractivity contribution >= 4 is 17.8 Å². The number of esters is 1. The number of ketones is 1. The molecule has 0 saturated carbocycles. The van der Waals surface area contributed by atoms with Gasteiger partial charge in [0.15, 0.2) is 5.76 Å². The molecule has 0 aliphatic carbocycles. The van der Waals surface area contributed by atoms with Gasteiger partial charge >= 0.3 is 5.97 Å². The smallest absolute Gasteiger partial charge is 0.312 e. The molecule has 0 spiro atoms. The summed E-state index contributed by atoms with van der Waals surface area (Å²) in [6, 6.07) is 18.2. The van der Waals surface area contributed by atoms with Crippen molar-refractivity contribution < 1.29 is 28.5 Å². The minimum Gasteiger partial charge on any atom is -0.496 e. The lowest BCUT2D eigenvalue weighted by molar-refractivity contribution is -0.135. The maximum absolute atomic E-state index is 13.2. The van der Waals surface area contributed by atoms with Crippen LogP contribution in [0.5, 0.6) is 23.0 Å². The molecule has 0 fully saturated rings. The molecule has 1 atom stereocenters. The molecule has 0 saturated heterocycles. The Hall–Kier alpha value is -4.06. The molecule has 3 aromatic carbocycles. The Labute approximate surface area is 185 Å². The Morgan fingerprint density at radius 3 is 2.38 bits per heavy atom. The third-order valence-corrected chi connectivity index (χ3v) is 5.72. The molecular weight excluding hydrogens is 408 g/mol. The van der Waals surface area contributed by atoms with Crippen molar-refractivity contribution in [1.29, 1.82) is 0 Å². The highest BCUT2D eigenvalue weighted by atomic mass is 16.5. The first-order valence-electron chi connectivity index (χ1n) is 10.2. The van der Waals surface area contributed by atoms with Crippen LogP contribution in [0.1, 0.15) is 39.4 Å². The molecule has 160 valence electrons. The summed E-state index contributed by atoms with van der Waals surface area (Å²) in [6.07, 6.45) is 1.79. The summed E-state index contributed by atoms with van der Waals surface area (Å²) in [5, 5.41) is 0. The van der Waals surface area contributed by atoms with Gasteiger partial charge in [-0.2, -0.15) is 0 Å². The van der Waals surface area contributed by atoms with Crippen LogP contribution in [0.3, 0.4) is 0 Å². The molecule has 0 aromatic heterocycles. The summed E-state index contributed by atoms with van der Waals surface area (Å²) in [7, 11) is 3.16. The molecule has 5 rings (SSSR count). The van der Waals surface area contributed by atoms with Crippen LogP contribution in [0, 0.1) is 0 Å². The fourth-order valence-electron chi connectivity index (χ4n) is 4.25. The normalized spacial score (nSPS) is 17.9. The third-order valence-electron chi connectivity index (χ3n) is 5.72. The van der Waals surface area contributed by atoms with Gasteiger partial charge in [-0.25, -0.2) is 0 Å². The number of rotatable bonds is 4. The Morgan fingerprint density at radius 2 is 1.59 bits per heavy atom. The van der Waals surface area contributed by atoms with Gasteiger partial charge in [-0.3, -0.25) is 9.59 Å². The van der Waals surface area contributed by atoms with Crippen molar-refractivity contribution in [2.45, 2.75) is 12.3 Å². The zero-order chi connectivity index (χ0) is 22.2. The Bertz CT molecular complexity index is 1270. The highest BCUT2D eigenvalue weighted by molar-refractivity contribution is 6.15. The molecule has 2 aliphatic heterocycles. The molecule has 32 heavy (non-hydrogen) atoms. The number of hydrogen-bond acceptors (Lipinski definition) is 6. The van der Waals surface area contributed by atoms with Gasteiger partial charge in [0, 0.05) is 22.6 Å². The van der Waals surface area contributed by atoms with E-state index in [-0.39, 0.29) is 29.9 Å². The number of hydrogen-bond donors (Lipinski definition) is 0. The molecule has 3 aromatic rings. The standard InChI is InChI=1S/C26H20O6/c1-29-19-9-5-3-7-15(19)13-22-25(28)17-11-12-21-24(26(17)32-22)18(14-23(27)31-21)16-8-4-6-10-20(16)30-2/h3-13,18H,14H2,1-2H3/b22-13-/t18-/m1/s1. The number of fused-ring (bicyclic) bond motifs is 3. The van der Waals surface area contributed by atoms with Gasteiger partial charge in [0.05, 0.1) is 26.2 Å². The maximum Gasteiger partial charge on any atom is 0.312 e. The van der Waals surface area contributed by atoms with Crippen LogP contribution in [-0.2, 0) is 4.79 Å². The van der Waals surface area contributed by atoms with Crippen LogP contribution in [0.2, 0.25) is 0 Å². The molecule has 6 heteroatoms. The van der Waals surface area contributed by atoms with Crippen molar-refractivity contribution in [3.05, 3.63) is 88.7 Å². The van der Waals surface area contributed by atoms with E-state index in [0.29, 0.717) is 34.1 Å². The van der Waals surface area contributed by atoms with E-state index in [1.165, 1.54) is 0 Å². The average molecular weight is 428 g/mol. The number of carbonyl (C=O) groups excluding carboxylic acids is 2. The average Bonchev–Trinajstić information content (AvgIpc) is 3.13. The first-order valence-corrected chi connectivity index (χ1v) is 10.2. The number of Topliss-reactive ketones (excluding diaryl/α,β-unsaturated/α-hetero) is 1. The van der Waals surface area contributed by atoms with Crippen LogP contribution in [0.15, 0.2) is 66.4 Å². The SMILES string of the molecule is COc1ccccc1/C=C1\Oc2c(ccc3c2[C@@H](c2ccccc2OC)CC(=O)O3)C1=O. The lowest BCUT2D eigenvalue weighted by atomic mass is 9.84. The van der Waals surface area contributed by atoms with Gasteiger partial charge in [0.1, 0.15) is 23.0 Å². The summed E-state index contributed by atoms with van der Waals surface area (Å²) >= 11 is 0. The Kier molecular flexibility index (Phi) is 4.90. The topological polar surface area (TPSA) is 71.1 Å². The molecule has 0 bridgehead atoms. The van der Waals surface area contributed by atoms with Gasteiger partial charge in [0.2, 0.25) is 5.78 Å². The van der Waals surface area contributed by atoms with E-state index in [2.05, 4.69) is 0 Å². The predicted octanol–water partition coefficient (Wildman–Crippen LogP) is 4.76. The van der Waals surface area contributed by atoms with E-state index in [1.54, 1.807) is 32.4 Å². The number of allylic oxidation sites excluding steroid dienone is 1. The Balaban J connectivity index is 1.64. The van der Waals surface area contributed by atoms with Crippen LogP contribution < -0.4 is 18.9 Å². The molecular formula is C26H20O6. The van der Waals surface area contributed by atoms with Gasteiger partial charge in [-0.05, 0) is 30.3 Å². The van der Waals surface area contributed by atoms with E-state index in [1.807, 2.05) is 48.5 Å². The zero-order valence-corrected chi connectivity index (χ0v) is 17.6. The predicted molar refractivity (Wildman–Crippen MR) is 117 cm³/mol. The Morgan fingerprint density at radius 1 is 0.875 bits per heavy atom. The summed E-state index contributed by atoms with van der Waals surface area (Å²) in [5.41, 5.74) is 2.67. The summed E-state index contributed by atoms with van der Waals surface area (Å²) in [5.74, 6) is 1.34. The summed E-state index contributed by atoms with van der Waals surface area (Å²) in [4.78, 5) is 25.5. The summed E-state index contributed by atoms with van der Waals surface area (Å²) < 4.78 is 22.5. The van der Waals surface area contributed by atoms with Crippen LogP contribution in [0.25, 0.3) is 6.08 Å². The molecule has 0 amide bonds. The second-order valence-electron chi connectivity index (χ2n) is 7.51. The van der Waals surface area contributed by atoms with Gasteiger partial charge in [-0.1, -0.05) is 36.4 Å². The van der Waals surface area contributed by atoms with Crippen LogP contribution >= 0.6 is 0 Å². The van der Waals surface area contributed by atoms with Gasteiger partial charge in [0.25, 0.3) is 0 Å². The maximum atomic E-state index is 13.2. The van der Waals surface area contributed by atoms with E-state index in [4.69, 9.17) is 18.9 Å². The van der Waals surface area contributed by atoms with Crippen molar-refractivity contribution in [2.24, 2.45) is 0 Å². The zero-order valence-electron chi connectivity index (χ0n) is 17.6. The van der Waals surface area contributed by atoms with E-state index in [0.717, 1.165) is 11.1 Å². The lowest BCUT2D eigenvalue weighted by Gasteiger charge is -2.27. The fraction of sp³-hybridized carbons (Fsp3) is 0.154. The van der Waals surface area contributed by atoms with Gasteiger partial charge in [-0.15, -0.1) is 0 Å². The summed E-state index contributed by atoms with van der Waals surface area (Å²) in [6.45, 7) is 0. The fourth-order valence-corrected chi connectivity index (χ4v) is 4.25. The molecule has 0 unspecified atom stereocenters. The van der Waals surface area contributed by atoms with Gasteiger partial charge < -0.3 is 18.9 Å². The van der Waals surface area contributed by atoms with Crippen molar-refractivity contribution in [1.82, 2.24) is 0 Å². The first kappa shape index (κ1) is 19.9. The third kappa shape index (κ3) is 3.21. The van der Waals surface area contributed by atoms with Crippen LogP contribution in [0.4, 0.5) is 0 Å². The highest BCUT2D eigenvalue weighted by Crippen LogP contribution is 2.50. The molecule has 6 nitrogen and oxygen atoms in total. The minimum atomic E-state index is -0.365. The second-order valence-corrected chi connectivity index (χ2v) is 7.51. The lowest BCUT2D eigenvalue weighted by Crippen LogP contribution is -2.22. The molecule has 0 radical (unpaired) electrons. The molecule has 2 aliphatic rings. The number of carbonyl (C=O) groups is 2. The molecule has 2 heterocycles. The number of ether oxygens (including phenoxy) is 4. The highest BCUT2D eigenvalue weighted by Gasteiger charge is 2.39. The first-order chi connectivity index (χ1) is 15.6. The molecule has 0 N–H and O–H groups in total. The minimum absolute atomic E-state index is 0.118. The number of benzene rings is 3. The van der Waals surface area contributed by atoms with E-state index < -0.39 is 0 Å². The monoisotopic (exact) mass is 428 g/mol. The quantitative estimate of drug-likeness (QED) is 0.339. The van der Waals surface area contributed by atoms with Crippen molar-refractivity contribution in [3.63, 3.8) is 0 Å². The number of para-hydroxylation sites is 2. The number of methoxy groups -OCH3 is 2. The second kappa shape index (κ2) is 7.89. The van der Waals surface area contributed by atoms with Crippen molar-refractivity contribution in [2.75, 3.05) is 14.2 Å². The van der Waals surface area contributed by atoms with Crippen molar-refractivity contribution in [3.8, 4) is 23.0 Å². The van der Waals surface area contributed by atoms with E-state index in [9.17, 15) is 9.59 Å². The largest absolute Gasteiger partial charge is 0.496 e. The van der Waals surface area contributed by atoms with Crippen LogP contribution in [-0.4, -0.2) is 26.0 Å². The van der Waals surface area contributed by atoms with E-state index >= 15 is 0 Å².